The van der Waals surface area contributed by atoms with E-state index in [-0.39, 0.29) is 28.4 Å². The highest BCUT2D eigenvalue weighted by Gasteiger charge is 2.61. The van der Waals surface area contributed by atoms with E-state index in [1.807, 2.05) is 6.07 Å². The number of hydroxylamine groups is 2. The molecule has 3 aliphatic rings. The van der Waals surface area contributed by atoms with Gasteiger partial charge in [-0.2, -0.15) is 0 Å². The van der Waals surface area contributed by atoms with Crippen molar-refractivity contribution in [2.24, 2.45) is 11.1 Å². The lowest BCUT2D eigenvalue weighted by molar-refractivity contribution is -0.190. The van der Waals surface area contributed by atoms with Crippen molar-refractivity contribution in [3.63, 3.8) is 0 Å². The fourth-order valence-corrected chi connectivity index (χ4v) is 4.19. The second-order valence-electron chi connectivity index (χ2n) is 6.60. The van der Waals surface area contributed by atoms with Gasteiger partial charge in [-0.05, 0) is 28.1 Å². The third kappa shape index (κ3) is 2.40. The number of rotatable bonds is 1. The lowest BCUT2D eigenvalue weighted by atomic mass is 10.0. The van der Waals surface area contributed by atoms with Gasteiger partial charge in [-0.1, -0.05) is 23.4 Å². The minimum absolute atomic E-state index is 0.207. The van der Waals surface area contributed by atoms with Gasteiger partial charge >= 0.3 is 5.69 Å². The van der Waals surface area contributed by atoms with Crippen molar-refractivity contribution in [2.75, 3.05) is 0 Å². The van der Waals surface area contributed by atoms with Gasteiger partial charge in [-0.25, -0.2) is 9.86 Å². The summed E-state index contributed by atoms with van der Waals surface area (Å²) in [6, 6.07) is 8.57. The van der Waals surface area contributed by atoms with Gasteiger partial charge < -0.3 is 4.84 Å². The maximum Gasteiger partial charge on any atom is 0.334 e. The van der Waals surface area contributed by atoms with Crippen LogP contribution in [-0.2, 0) is 9.68 Å². The first-order valence-electron chi connectivity index (χ1n) is 8.35. The Labute approximate surface area is 160 Å². The molecule has 0 radical (unpaired) electrons. The number of carbonyl (C=O) groups is 1. The summed E-state index contributed by atoms with van der Waals surface area (Å²) in [6.07, 6.45) is 1.21. The quantitative estimate of drug-likeness (QED) is 0.713. The van der Waals surface area contributed by atoms with E-state index < -0.39 is 17.4 Å². The maximum atomic E-state index is 12.7. The molecule has 10 heteroatoms. The number of benzene rings is 1. The predicted molar refractivity (Wildman–Crippen MR) is 96.1 cm³/mol. The van der Waals surface area contributed by atoms with Crippen LogP contribution in [0, 0.1) is 5.92 Å². The number of amides is 1. The van der Waals surface area contributed by atoms with E-state index in [2.05, 4.69) is 26.1 Å². The average molecular weight is 433 g/mol. The number of oxime groups is 1. The number of aromatic amines is 1. The molecule has 1 N–H and O–H groups in total. The Morgan fingerprint density at radius 2 is 2.04 bits per heavy atom. The van der Waals surface area contributed by atoms with E-state index in [1.165, 1.54) is 15.8 Å². The Balaban J connectivity index is 1.43. The fourth-order valence-electron chi connectivity index (χ4n) is 3.89. The van der Waals surface area contributed by atoms with E-state index in [0.29, 0.717) is 17.8 Å². The molecule has 1 saturated heterocycles. The summed E-state index contributed by atoms with van der Waals surface area (Å²) >= 11 is 3.11. The first-order chi connectivity index (χ1) is 13.0. The molecule has 2 aromatic rings. The van der Waals surface area contributed by atoms with Crippen LogP contribution in [0.5, 0.6) is 0 Å². The summed E-state index contributed by atoms with van der Waals surface area (Å²) in [5, 5.41) is 5.40. The number of nitrogens with one attached hydrogen (secondary N) is 1. The standard InChI is InChI=1S/C17H13BrN4O5/c18-9-7-21(17(25)19-15(9)23)14-12-11-6-10(13(12)26-20-14)22(27-11)16(24)8-4-2-1-3-5-8/h1-5,7,10-13H,6H2,(H,19,23,25)/t10-,11+,12-,13+/m1/s1. The molecule has 5 rings (SSSR count). The van der Waals surface area contributed by atoms with Crippen molar-refractivity contribution in [1.29, 1.82) is 0 Å². The fraction of sp³-hybridized carbons (Fsp3) is 0.294. The lowest BCUT2D eigenvalue weighted by Crippen LogP contribution is -2.50. The molecule has 2 aliphatic heterocycles. The molecule has 1 aromatic carbocycles. The number of halogens is 1. The highest BCUT2D eigenvalue weighted by molar-refractivity contribution is 9.10. The van der Waals surface area contributed by atoms with Crippen LogP contribution in [0.1, 0.15) is 16.8 Å². The third-order valence-electron chi connectivity index (χ3n) is 5.09. The molecule has 1 aliphatic carbocycles. The second-order valence-corrected chi connectivity index (χ2v) is 7.45. The minimum atomic E-state index is -0.605. The number of hydrogen-bond acceptors (Lipinski definition) is 6. The molecule has 0 unspecified atom stereocenters. The number of hydrogen-bond donors (Lipinski definition) is 1. The van der Waals surface area contributed by atoms with Gasteiger partial charge in [0.05, 0.1) is 10.4 Å². The monoisotopic (exact) mass is 432 g/mol. The minimum Gasteiger partial charge on any atom is -0.388 e. The largest absolute Gasteiger partial charge is 0.388 e. The summed E-state index contributed by atoms with van der Waals surface area (Å²) in [6.45, 7) is 0. The zero-order valence-corrected chi connectivity index (χ0v) is 15.3. The van der Waals surface area contributed by atoms with Gasteiger partial charge in [0.15, 0.2) is 11.9 Å². The zero-order chi connectivity index (χ0) is 18.7. The molecule has 1 aromatic heterocycles. The summed E-state index contributed by atoms with van der Waals surface area (Å²) < 4.78 is 1.45. The summed E-state index contributed by atoms with van der Waals surface area (Å²) in [5.74, 6) is -0.172. The molecule has 2 fully saturated rings. The summed E-state index contributed by atoms with van der Waals surface area (Å²) in [5.41, 5.74) is -0.594. The van der Waals surface area contributed by atoms with Crippen molar-refractivity contribution in [2.45, 2.75) is 24.7 Å². The van der Waals surface area contributed by atoms with Gasteiger partial charge in [0.25, 0.3) is 11.5 Å². The Hall–Kier alpha value is -2.72. The van der Waals surface area contributed by atoms with Crippen LogP contribution in [0.3, 0.4) is 0 Å². The Bertz CT molecular complexity index is 1080. The van der Waals surface area contributed by atoms with Crippen LogP contribution in [-0.4, -0.2) is 44.6 Å². The molecule has 2 bridgehead atoms. The number of H-pyrrole nitrogens is 1. The molecule has 1 amide bonds. The van der Waals surface area contributed by atoms with Crippen molar-refractivity contribution in [3.8, 4) is 0 Å². The first-order valence-corrected chi connectivity index (χ1v) is 9.15. The number of fused-ring (bicyclic) bond motifs is 5. The van der Waals surface area contributed by atoms with E-state index in [4.69, 9.17) is 9.68 Å². The number of nitrogens with zero attached hydrogens (tertiary/aromatic N) is 3. The van der Waals surface area contributed by atoms with Crippen LogP contribution >= 0.6 is 15.9 Å². The predicted octanol–water partition coefficient (Wildman–Crippen LogP) is 0.704. The summed E-state index contributed by atoms with van der Waals surface area (Å²) in [7, 11) is 0. The van der Waals surface area contributed by atoms with E-state index in [9.17, 15) is 14.4 Å². The average Bonchev–Trinajstić information content (AvgIpc) is 3.37. The first kappa shape index (κ1) is 16.5. The number of carbonyl (C=O) groups excluding carboxylic acids is 1. The van der Waals surface area contributed by atoms with Crippen molar-refractivity contribution in [3.05, 3.63) is 67.4 Å². The van der Waals surface area contributed by atoms with Crippen LogP contribution in [0.15, 0.2) is 55.7 Å². The molecule has 27 heavy (non-hydrogen) atoms. The third-order valence-corrected chi connectivity index (χ3v) is 5.66. The molecular formula is C17H13BrN4O5. The van der Waals surface area contributed by atoms with E-state index in [0.717, 1.165) is 0 Å². The van der Waals surface area contributed by atoms with E-state index >= 15 is 0 Å². The van der Waals surface area contributed by atoms with Gasteiger partial charge in [0.1, 0.15) is 12.1 Å². The molecule has 138 valence electrons. The highest BCUT2D eigenvalue weighted by atomic mass is 79.9. The van der Waals surface area contributed by atoms with Gasteiger partial charge in [0, 0.05) is 18.2 Å². The van der Waals surface area contributed by atoms with Crippen molar-refractivity contribution in [1.82, 2.24) is 14.6 Å². The Morgan fingerprint density at radius 3 is 2.81 bits per heavy atom. The summed E-state index contributed by atoms with van der Waals surface area (Å²) in [4.78, 5) is 50.1. The number of aromatic nitrogens is 2. The molecule has 4 atom stereocenters. The van der Waals surface area contributed by atoms with Crippen LogP contribution < -0.4 is 11.2 Å². The zero-order valence-electron chi connectivity index (χ0n) is 13.7. The van der Waals surface area contributed by atoms with Gasteiger partial charge in [-0.15, -0.1) is 0 Å². The van der Waals surface area contributed by atoms with Gasteiger partial charge in [0.2, 0.25) is 0 Å². The molecular weight excluding hydrogens is 420 g/mol. The SMILES string of the molecule is O=C(c1ccccc1)N1O[C@H]2C[C@@H]1[C@@H]1ON=C(n3cc(Br)c(=O)[nH]c3=O)[C@@H]12. The topological polar surface area (TPSA) is 106 Å². The Kier molecular flexibility index (Phi) is 3.59. The molecule has 9 nitrogen and oxygen atoms in total. The molecule has 1 saturated carbocycles. The highest BCUT2D eigenvalue weighted by Crippen LogP contribution is 2.45. The smallest absolute Gasteiger partial charge is 0.334 e. The lowest BCUT2D eigenvalue weighted by Gasteiger charge is -2.32. The van der Waals surface area contributed by atoms with Crippen LogP contribution in [0.25, 0.3) is 0 Å². The normalized spacial score (nSPS) is 28.0. The van der Waals surface area contributed by atoms with E-state index in [1.54, 1.807) is 24.3 Å². The Morgan fingerprint density at radius 1 is 1.26 bits per heavy atom. The maximum absolute atomic E-state index is 12.7. The molecule has 0 spiro atoms. The van der Waals surface area contributed by atoms with Crippen molar-refractivity contribution < 1.29 is 14.5 Å². The van der Waals surface area contributed by atoms with Crippen LogP contribution in [0.2, 0.25) is 0 Å². The van der Waals surface area contributed by atoms with Crippen molar-refractivity contribution >= 4 is 27.7 Å². The molecule has 3 heterocycles. The van der Waals surface area contributed by atoms with Crippen LogP contribution in [0.4, 0.5) is 0 Å². The second kappa shape index (κ2) is 5.89. The van der Waals surface area contributed by atoms with Gasteiger partial charge in [-0.3, -0.25) is 24.0 Å².